The summed E-state index contributed by atoms with van der Waals surface area (Å²) in [6.07, 6.45) is 26.3. The summed E-state index contributed by atoms with van der Waals surface area (Å²) < 4.78 is 0. The van der Waals surface area contributed by atoms with E-state index in [2.05, 4.69) is 43.4 Å². The van der Waals surface area contributed by atoms with Crippen LogP contribution in [0.2, 0.25) is 0 Å². The molecular weight excluding hydrogens is 272 g/mol. The van der Waals surface area contributed by atoms with E-state index in [0.29, 0.717) is 6.42 Å². The van der Waals surface area contributed by atoms with Crippen molar-refractivity contribution in [2.45, 2.75) is 84.0 Å². The van der Waals surface area contributed by atoms with Gasteiger partial charge in [-0.2, -0.15) is 0 Å². The van der Waals surface area contributed by atoms with Crippen LogP contribution in [0, 0.1) is 0 Å². The van der Waals surface area contributed by atoms with Gasteiger partial charge in [0.05, 0.1) is 0 Å². The summed E-state index contributed by atoms with van der Waals surface area (Å²) in [4.78, 5) is 10.3. The molecule has 0 unspecified atom stereocenters. The van der Waals surface area contributed by atoms with Gasteiger partial charge in [0, 0.05) is 6.42 Å². The molecule has 0 aromatic rings. The molecule has 0 rings (SSSR count). The zero-order valence-electron chi connectivity index (χ0n) is 14.3. The summed E-state index contributed by atoms with van der Waals surface area (Å²) in [6.45, 7) is 2.16. The minimum Gasteiger partial charge on any atom is -0.481 e. The largest absolute Gasteiger partial charge is 0.481 e. The molecule has 0 aromatic heterocycles. The van der Waals surface area contributed by atoms with Gasteiger partial charge in [-0.05, 0) is 57.8 Å². The van der Waals surface area contributed by atoms with Crippen LogP contribution in [0.25, 0.3) is 0 Å². The van der Waals surface area contributed by atoms with Crippen molar-refractivity contribution in [2.75, 3.05) is 0 Å². The molecular formula is C20H34O2. The van der Waals surface area contributed by atoms with Crippen molar-refractivity contribution in [3.8, 4) is 0 Å². The quantitative estimate of drug-likeness (QED) is 0.279. The minimum atomic E-state index is -0.678. The van der Waals surface area contributed by atoms with Gasteiger partial charge in [-0.25, -0.2) is 0 Å². The van der Waals surface area contributed by atoms with Gasteiger partial charge in [-0.3, -0.25) is 4.79 Å². The van der Waals surface area contributed by atoms with E-state index in [0.717, 1.165) is 38.5 Å². The fraction of sp³-hybridized carbons (Fsp3) is 0.650. The van der Waals surface area contributed by atoms with Gasteiger partial charge in [-0.15, -0.1) is 0 Å². The fourth-order valence-electron chi connectivity index (χ4n) is 2.21. The van der Waals surface area contributed by atoms with Gasteiger partial charge in [0.25, 0.3) is 0 Å². The maximum atomic E-state index is 10.3. The molecule has 0 atom stereocenters. The lowest BCUT2D eigenvalue weighted by atomic mass is 10.1. The first-order valence-corrected chi connectivity index (χ1v) is 8.94. The first-order chi connectivity index (χ1) is 10.8. The molecule has 126 valence electrons. The SMILES string of the molecule is CC/C=C/C/C=C/CCCCC/C=C/CCCCCC(=O)O. The molecule has 1 N–H and O–H groups in total. The molecule has 0 spiro atoms. The number of carboxylic acids is 1. The molecule has 0 saturated carbocycles. The molecule has 0 saturated heterocycles. The molecule has 0 amide bonds. The molecule has 0 radical (unpaired) electrons. The second-order valence-electron chi connectivity index (χ2n) is 5.69. The third kappa shape index (κ3) is 18.7. The summed E-state index contributed by atoms with van der Waals surface area (Å²) in [5.74, 6) is -0.678. The highest BCUT2D eigenvalue weighted by Crippen LogP contribution is 2.07. The van der Waals surface area contributed by atoms with E-state index >= 15 is 0 Å². The van der Waals surface area contributed by atoms with Gasteiger partial charge in [0.1, 0.15) is 0 Å². The molecule has 0 fully saturated rings. The minimum absolute atomic E-state index is 0.313. The molecule has 22 heavy (non-hydrogen) atoms. The van der Waals surface area contributed by atoms with Crippen LogP contribution < -0.4 is 0 Å². The lowest BCUT2D eigenvalue weighted by Gasteiger charge is -1.97. The van der Waals surface area contributed by atoms with Crippen molar-refractivity contribution >= 4 is 5.97 Å². The van der Waals surface area contributed by atoms with E-state index in [1.807, 2.05) is 0 Å². The predicted molar refractivity (Wildman–Crippen MR) is 96.1 cm³/mol. The summed E-state index contributed by atoms with van der Waals surface area (Å²) in [7, 11) is 0. The highest BCUT2D eigenvalue weighted by Gasteiger charge is 1.94. The topological polar surface area (TPSA) is 37.3 Å². The Kier molecular flexibility index (Phi) is 16.7. The maximum Gasteiger partial charge on any atom is 0.303 e. The van der Waals surface area contributed by atoms with Gasteiger partial charge < -0.3 is 5.11 Å². The van der Waals surface area contributed by atoms with Crippen LogP contribution in [0.4, 0.5) is 0 Å². The Morgan fingerprint density at radius 1 is 0.727 bits per heavy atom. The van der Waals surface area contributed by atoms with Crippen LogP contribution in [0.1, 0.15) is 84.0 Å². The standard InChI is InChI=1S/C20H34O2/c1-2-3-4-5-6-7-8-9-10-11-12-13-14-15-16-17-18-19-20(21)22/h3-4,6-7,13-14H,2,5,8-12,15-19H2,1H3,(H,21,22)/b4-3+,7-6+,14-13+. The van der Waals surface area contributed by atoms with Gasteiger partial charge in [-0.1, -0.05) is 56.2 Å². The molecule has 0 aliphatic heterocycles. The highest BCUT2D eigenvalue weighted by molar-refractivity contribution is 5.66. The average molecular weight is 306 g/mol. The molecule has 0 bridgehead atoms. The average Bonchev–Trinajstić information content (AvgIpc) is 2.50. The third-order valence-corrected chi connectivity index (χ3v) is 3.51. The number of carboxylic acid groups (broad SMARTS) is 1. The monoisotopic (exact) mass is 306 g/mol. The number of hydrogen-bond donors (Lipinski definition) is 1. The summed E-state index contributed by atoms with van der Waals surface area (Å²) in [5.41, 5.74) is 0. The lowest BCUT2D eigenvalue weighted by Crippen LogP contribution is -1.93. The molecule has 2 heteroatoms. The van der Waals surface area contributed by atoms with Crippen molar-refractivity contribution < 1.29 is 9.90 Å². The van der Waals surface area contributed by atoms with Crippen LogP contribution in [-0.4, -0.2) is 11.1 Å². The molecule has 0 heterocycles. The van der Waals surface area contributed by atoms with Crippen molar-refractivity contribution in [1.82, 2.24) is 0 Å². The van der Waals surface area contributed by atoms with Crippen molar-refractivity contribution in [2.24, 2.45) is 0 Å². The summed E-state index contributed by atoms with van der Waals surface area (Å²) in [5, 5.41) is 8.52. The Hall–Kier alpha value is -1.31. The van der Waals surface area contributed by atoms with E-state index in [4.69, 9.17) is 5.11 Å². The highest BCUT2D eigenvalue weighted by atomic mass is 16.4. The normalized spacial score (nSPS) is 12.0. The maximum absolute atomic E-state index is 10.3. The number of unbranched alkanes of at least 4 members (excludes halogenated alkanes) is 7. The second-order valence-corrected chi connectivity index (χ2v) is 5.69. The smallest absolute Gasteiger partial charge is 0.303 e. The first-order valence-electron chi connectivity index (χ1n) is 8.94. The van der Waals surface area contributed by atoms with E-state index in [1.54, 1.807) is 0 Å². The summed E-state index contributed by atoms with van der Waals surface area (Å²) >= 11 is 0. The second kappa shape index (κ2) is 17.7. The van der Waals surface area contributed by atoms with Crippen molar-refractivity contribution in [3.63, 3.8) is 0 Å². The Bertz CT molecular complexity index is 327. The number of rotatable bonds is 15. The van der Waals surface area contributed by atoms with Crippen LogP contribution in [0.5, 0.6) is 0 Å². The molecule has 0 aliphatic carbocycles. The van der Waals surface area contributed by atoms with E-state index in [1.165, 1.54) is 32.1 Å². The molecule has 2 nitrogen and oxygen atoms in total. The lowest BCUT2D eigenvalue weighted by molar-refractivity contribution is -0.137. The number of carbonyl (C=O) groups is 1. The van der Waals surface area contributed by atoms with Crippen molar-refractivity contribution in [3.05, 3.63) is 36.5 Å². The van der Waals surface area contributed by atoms with E-state index in [-0.39, 0.29) is 0 Å². The first kappa shape index (κ1) is 20.7. The summed E-state index contributed by atoms with van der Waals surface area (Å²) in [6, 6.07) is 0. The number of allylic oxidation sites excluding steroid dienone is 6. The number of hydrogen-bond acceptors (Lipinski definition) is 1. The van der Waals surface area contributed by atoms with E-state index < -0.39 is 5.97 Å². The van der Waals surface area contributed by atoms with Crippen LogP contribution in [0.3, 0.4) is 0 Å². The Morgan fingerprint density at radius 3 is 1.77 bits per heavy atom. The van der Waals surface area contributed by atoms with Gasteiger partial charge in [0.2, 0.25) is 0 Å². The predicted octanol–water partition coefficient (Wildman–Crippen LogP) is 6.44. The van der Waals surface area contributed by atoms with Crippen molar-refractivity contribution in [1.29, 1.82) is 0 Å². The zero-order valence-corrected chi connectivity index (χ0v) is 14.3. The Morgan fingerprint density at radius 2 is 1.23 bits per heavy atom. The third-order valence-electron chi connectivity index (χ3n) is 3.51. The van der Waals surface area contributed by atoms with Gasteiger partial charge in [0.15, 0.2) is 0 Å². The molecule has 0 aromatic carbocycles. The van der Waals surface area contributed by atoms with Crippen LogP contribution >= 0.6 is 0 Å². The number of aliphatic carboxylic acids is 1. The fourth-order valence-corrected chi connectivity index (χ4v) is 2.21. The Labute approximate surface area is 137 Å². The Balaban J connectivity index is 3.20. The van der Waals surface area contributed by atoms with Crippen LogP contribution in [-0.2, 0) is 4.79 Å². The van der Waals surface area contributed by atoms with E-state index in [9.17, 15) is 4.79 Å². The van der Waals surface area contributed by atoms with Crippen LogP contribution in [0.15, 0.2) is 36.5 Å². The van der Waals surface area contributed by atoms with Gasteiger partial charge >= 0.3 is 5.97 Å². The zero-order chi connectivity index (χ0) is 16.3. The molecule has 0 aliphatic rings.